The first-order valence-corrected chi connectivity index (χ1v) is 5.23. The Labute approximate surface area is 79.8 Å². The van der Waals surface area contributed by atoms with Crippen molar-refractivity contribution in [1.82, 2.24) is 5.32 Å². The average molecular weight is 185 g/mol. The Hall–Kier alpha value is -0.120. The molecule has 1 saturated heterocycles. The fraction of sp³-hybridized carbons (Fsp3) is 1.00. The van der Waals surface area contributed by atoms with Crippen LogP contribution in [0.15, 0.2) is 0 Å². The molecule has 1 N–H and O–H groups in total. The van der Waals surface area contributed by atoms with Gasteiger partial charge >= 0.3 is 0 Å². The fourth-order valence-corrected chi connectivity index (χ4v) is 1.97. The van der Waals surface area contributed by atoms with Crippen LogP contribution in [0.2, 0.25) is 0 Å². The Bertz CT molecular complexity index is 153. The molecule has 1 heterocycles. The van der Waals surface area contributed by atoms with Crippen LogP contribution in [0.25, 0.3) is 0 Å². The highest BCUT2D eigenvalue weighted by Gasteiger charge is 2.33. The van der Waals surface area contributed by atoms with Crippen molar-refractivity contribution in [3.63, 3.8) is 0 Å². The van der Waals surface area contributed by atoms with Crippen LogP contribution in [-0.2, 0) is 9.47 Å². The highest BCUT2D eigenvalue weighted by atomic mass is 16.5. The van der Waals surface area contributed by atoms with E-state index in [1.807, 2.05) is 0 Å². The molecular formula is C10H19NO2. The monoisotopic (exact) mass is 185 g/mol. The molecule has 2 rings (SSSR count). The van der Waals surface area contributed by atoms with E-state index in [4.69, 9.17) is 9.47 Å². The summed E-state index contributed by atoms with van der Waals surface area (Å²) in [7, 11) is 1.78. The summed E-state index contributed by atoms with van der Waals surface area (Å²) in [5.41, 5.74) is 0. The second-order valence-electron chi connectivity index (χ2n) is 4.13. The van der Waals surface area contributed by atoms with Crippen LogP contribution in [0.4, 0.5) is 0 Å². The summed E-state index contributed by atoms with van der Waals surface area (Å²) in [6.07, 6.45) is 3.90. The zero-order valence-electron chi connectivity index (χ0n) is 8.29. The van der Waals surface area contributed by atoms with Gasteiger partial charge in [-0.15, -0.1) is 0 Å². The smallest absolute Gasteiger partial charge is 0.0620 e. The predicted octanol–water partition coefficient (Wildman–Crippen LogP) is 0.790. The summed E-state index contributed by atoms with van der Waals surface area (Å²) in [5, 5.41) is 3.63. The number of hydrogen-bond donors (Lipinski definition) is 1. The summed E-state index contributed by atoms with van der Waals surface area (Å²) in [4.78, 5) is 0. The molecule has 0 aromatic heterocycles. The van der Waals surface area contributed by atoms with Gasteiger partial charge in [0.15, 0.2) is 0 Å². The van der Waals surface area contributed by atoms with Gasteiger partial charge in [0.05, 0.1) is 13.2 Å². The molecule has 0 radical (unpaired) electrons. The maximum atomic E-state index is 5.33. The molecule has 13 heavy (non-hydrogen) atoms. The van der Waals surface area contributed by atoms with E-state index < -0.39 is 0 Å². The predicted molar refractivity (Wildman–Crippen MR) is 50.7 cm³/mol. The third kappa shape index (κ3) is 2.66. The van der Waals surface area contributed by atoms with Gasteiger partial charge in [-0.1, -0.05) is 0 Å². The zero-order valence-corrected chi connectivity index (χ0v) is 8.29. The van der Waals surface area contributed by atoms with E-state index in [1.54, 1.807) is 7.11 Å². The molecule has 1 aliphatic heterocycles. The van der Waals surface area contributed by atoms with E-state index in [9.17, 15) is 0 Å². The van der Waals surface area contributed by atoms with Crippen molar-refractivity contribution in [2.75, 3.05) is 26.9 Å². The lowest BCUT2D eigenvalue weighted by atomic mass is 10.1. The Morgan fingerprint density at radius 3 is 2.85 bits per heavy atom. The third-order valence-corrected chi connectivity index (χ3v) is 2.92. The summed E-state index contributed by atoms with van der Waals surface area (Å²) >= 11 is 0. The van der Waals surface area contributed by atoms with Gasteiger partial charge < -0.3 is 14.8 Å². The van der Waals surface area contributed by atoms with Crippen LogP contribution >= 0.6 is 0 Å². The minimum absolute atomic E-state index is 0.566. The van der Waals surface area contributed by atoms with Gasteiger partial charge in [0.25, 0.3) is 0 Å². The van der Waals surface area contributed by atoms with Crippen LogP contribution in [0.5, 0.6) is 0 Å². The largest absolute Gasteiger partial charge is 0.383 e. The normalized spacial score (nSPS) is 30.7. The van der Waals surface area contributed by atoms with Gasteiger partial charge in [0.2, 0.25) is 0 Å². The summed E-state index contributed by atoms with van der Waals surface area (Å²) < 4.78 is 10.5. The van der Waals surface area contributed by atoms with Crippen molar-refractivity contribution in [3.8, 4) is 0 Å². The molecule has 0 aromatic carbocycles. The second kappa shape index (κ2) is 4.40. The van der Waals surface area contributed by atoms with Gasteiger partial charge in [-0.25, -0.2) is 0 Å². The van der Waals surface area contributed by atoms with Crippen molar-refractivity contribution >= 4 is 0 Å². The lowest BCUT2D eigenvalue weighted by Gasteiger charge is -2.21. The number of nitrogens with one attached hydrogen (secondary N) is 1. The van der Waals surface area contributed by atoms with E-state index in [-0.39, 0.29) is 0 Å². The maximum Gasteiger partial charge on any atom is 0.0620 e. The van der Waals surface area contributed by atoms with E-state index >= 15 is 0 Å². The lowest BCUT2D eigenvalue weighted by Crippen LogP contribution is -2.42. The topological polar surface area (TPSA) is 30.5 Å². The van der Waals surface area contributed by atoms with Crippen molar-refractivity contribution in [1.29, 1.82) is 0 Å². The van der Waals surface area contributed by atoms with E-state index in [0.717, 1.165) is 32.2 Å². The molecule has 3 nitrogen and oxygen atoms in total. The number of hydrogen-bond acceptors (Lipinski definition) is 3. The molecule has 2 aliphatic rings. The van der Waals surface area contributed by atoms with Crippen LogP contribution in [-0.4, -0.2) is 39.0 Å². The first kappa shape index (κ1) is 9.44. The average Bonchev–Trinajstić information content (AvgIpc) is 2.85. The zero-order chi connectivity index (χ0) is 9.10. The molecule has 0 spiro atoms. The number of methoxy groups -OCH3 is 1. The molecule has 2 fully saturated rings. The molecule has 3 heteroatoms. The van der Waals surface area contributed by atoms with Gasteiger partial charge in [-0.3, -0.25) is 0 Å². The van der Waals surface area contributed by atoms with Crippen molar-refractivity contribution in [2.24, 2.45) is 5.92 Å². The molecule has 1 aliphatic carbocycles. The minimum Gasteiger partial charge on any atom is -0.383 e. The summed E-state index contributed by atoms with van der Waals surface area (Å²) in [5.74, 6) is 0.862. The SMILES string of the molecule is COCC(NC1CCOC1)C1CC1. The van der Waals surface area contributed by atoms with Crippen LogP contribution < -0.4 is 5.32 Å². The molecule has 0 amide bonds. The van der Waals surface area contributed by atoms with Crippen molar-refractivity contribution < 1.29 is 9.47 Å². The maximum absolute atomic E-state index is 5.33. The van der Waals surface area contributed by atoms with Crippen LogP contribution in [0, 0.1) is 5.92 Å². The molecule has 0 aromatic rings. The summed E-state index contributed by atoms with van der Waals surface area (Å²) in [6, 6.07) is 1.14. The molecule has 2 atom stereocenters. The molecular weight excluding hydrogens is 166 g/mol. The van der Waals surface area contributed by atoms with Gasteiger partial charge in [-0.05, 0) is 25.2 Å². The minimum atomic E-state index is 0.566. The van der Waals surface area contributed by atoms with Gasteiger partial charge in [-0.2, -0.15) is 0 Å². The van der Waals surface area contributed by atoms with Crippen molar-refractivity contribution in [2.45, 2.75) is 31.3 Å². The lowest BCUT2D eigenvalue weighted by molar-refractivity contribution is 0.144. The Morgan fingerprint density at radius 2 is 2.31 bits per heavy atom. The summed E-state index contributed by atoms with van der Waals surface area (Å²) in [6.45, 7) is 2.65. The van der Waals surface area contributed by atoms with Gasteiger partial charge in [0.1, 0.15) is 0 Å². The highest BCUT2D eigenvalue weighted by Crippen LogP contribution is 2.33. The quantitative estimate of drug-likeness (QED) is 0.687. The second-order valence-corrected chi connectivity index (χ2v) is 4.13. The van der Waals surface area contributed by atoms with Crippen LogP contribution in [0.1, 0.15) is 19.3 Å². The highest BCUT2D eigenvalue weighted by molar-refractivity contribution is 4.89. The molecule has 0 bridgehead atoms. The third-order valence-electron chi connectivity index (χ3n) is 2.92. The Balaban J connectivity index is 1.74. The first-order chi connectivity index (χ1) is 6.40. The van der Waals surface area contributed by atoms with E-state index in [1.165, 1.54) is 12.8 Å². The van der Waals surface area contributed by atoms with E-state index in [2.05, 4.69) is 5.32 Å². The van der Waals surface area contributed by atoms with E-state index in [0.29, 0.717) is 12.1 Å². The standard InChI is InChI=1S/C10H19NO2/c1-12-7-10(8-2-3-8)11-9-4-5-13-6-9/h8-11H,2-7H2,1H3. The molecule has 2 unspecified atom stereocenters. The Kier molecular flexibility index (Phi) is 3.19. The van der Waals surface area contributed by atoms with Gasteiger partial charge in [0, 0.05) is 25.8 Å². The Morgan fingerprint density at radius 1 is 1.46 bits per heavy atom. The molecule has 1 saturated carbocycles. The fourth-order valence-electron chi connectivity index (χ4n) is 1.97. The van der Waals surface area contributed by atoms with Crippen molar-refractivity contribution in [3.05, 3.63) is 0 Å². The molecule has 76 valence electrons. The first-order valence-electron chi connectivity index (χ1n) is 5.23. The van der Waals surface area contributed by atoms with Crippen LogP contribution in [0.3, 0.4) is 0 Å². The number of rotatable bonds is 5. The number of ether oxygens (including phenoxy) is 2.